The molecule has 2 aromatic rings. The SMILES string of the molecule is CCCNC(=O)N(CCOC)CC(=O)N1N=C(c2cccc(OC)c2)C[C@H]1c1ccc(C)cc1. The highest BCUT2D eigenvalue weighted by atomic mass is 16.5. The second-order valence-corrected chi connectivity index (χ2v) is 8.29. The Labute approximate surface area is 201 Å². The molecule has 0 aromatic heterocycles. The van der Waals surface area contributed by atoms with E-state index in [2.05, 4.69) is 5.32 Å². The average molecular weight is 467 g/mol. The summed E-state index contributed by atoms with van der Waals surface area (Å²) in [5.74, 6) is 0.487. The average Bonchev–Trinajstić information content (AvgIpc) is 3.31. The number of rotatable bonds is 10. The van der Waals surface area contributed by atoms with Gasteiger partial charge in [-0.05, 0) is 31.0 Å². The summed E-state index contributed by atoms with van der Waals surface area (Å²) < 4.78 is 10.5. The highest BCUT2D eigenvalue weighted by Crippen LogP contribution is 2.33. The van der Waals surface area contributed by atoms with Crippen LogP contribution in [0, 0.1) is 6.92 Å². The Kier molecular flexibility index (Phi) is 9.04. The van der Waals surface area contributed by atoms with Gasteiger partial charge in [-0.3, -0.25) is 4.79 Å². The fourth-order valence-corrected chi connectivity index (χ4v) is 3.80. The standard InChI is InChI=1S/C26H34N4O4/c1-5-13-27-26(32)29(14-15-33-3)18-25(31)30-24(20-11-9-19(2)10-12-20)17-23(28-30)21-7-6-8-22(16-21)34-4/h6-12,16,24H,5,13-15,17-18H2,1-4H3,(H,27,32)/t24-/m0/s1. The maximum atomic E-state index is 13.5. The Morgan fingerprint density at radius 3 is 2.62 bits per heavy atom. The van der Waals surface area contributed by atoms with Gasteiger partial charge in [-0.1, -0.05) is 48.9 Å². The molecule has 3 amide bonds. The first-order chi connectivity index (χ1) is 16.5. The normalized spacial score (nSPS) is 15.1. The van der Waals surface area contributed by atoms with E-state index >= 15 is 0 Å². The summed E-state index contributed by atoms with van der Waals surface area (Å²) in [4.78, 5) is 27.6. The summed E-state index contributed by atoms with van der Waals surface area (Å²) in [6, 6.07) is 15.3. The van der Waals surface area contributed by atoms with Gasteiger partial charge in [-0.2, -0.15) is 5.10 Å². The molecule has 2 aromatic carbocycles. The van der Waals surface area contributed by atoms with Gasteiger partial charge in [0.15, 0.2) is 0 Å². The molecular weight excluding hydrogens is 432 g/mol. The molecule has 1 aliphatic rings. The van der Waals surface area contributed by atoms with Crippen LogP contribution in [-0.4, -0.2) is 68.0 Å². The number of carbonyl (C=O) groups excluding carboxylic acids is 2. The Bertz CT molecular complexity index is 1010. The van der Waals surface area contributed by atoms with E-state index in [1.165, 1.54) is 9.91 Å². The molecule has 0 saturated heterocycles. The van der Waals surface area contributed by atoms with Crippen LogP contribution in [0.2, 0.25) is 0 Å². The van der Waals surface area contributed by atoms with Gasteiger partial charge < -0.3 is 19.7 Å². The molecule has 8 heteroatoms. The van der Waals surface area contributed by atoms with Crippen LogP contribution in [0.5, 0.6) is 5.75 Å². The minimum Gasteiger partial charge on any atom is -0.497 e. The largest absolute Gasteiger partial charge is 0.497 e. The summed E-state index contributed by atoms with van der Waals surface area (Å²) in [6.45, 7) is 5.12. The number of urea groups is 1. The molecule has 0 fully saturated rings. The van der Waals surface area contributed by atoms with Crippen molar-refractivity contribution in [3.8, 4) is 5.75 Å². The van der Waals surface area contributed by atoms with E-state index in [1.54, 1.807) is 14.2 Å². The van der Waals surface area contributed by atoms with Crippen LogP contribution in [0.25, 0.3) is 0 Å². The smallest absolute Gasteiger partial charge is 0.317 e. The molecule has 0 spiro atoms. The number of hydrogen-bond acceptors (Lipinski definition) is 5. The maximum absolute atomic E-state index is 13.5. The van der Waals surface area contributed by atoms with Gasteiger partial charge in [0.05, 0.1) is 25.5 Å². The number of nitrogens with one attached hydrogen (secondary N) is 1. The van der Waals surface area contributed by atoms with Crippen molar-refractivity contribution in [2.75, 3.05) is 40.5 Å². The first-order valence-electron chi connectivity index (χ1n) is 11.6. The first-order valence-corrected chi connectivity index (χ1v) is 11.6. The van der Waals surface area contributed by atoms with Crippen molar-refractivity contribution < 1.29 is 19.1 Å². The van der Waals surface area contributed by atoms with E-state index in [1.807, 2.05) is 62.4 Å². The fraction of sp³-hybridized carbons (Fsp3) is 0.423. The Hall–Kier alpha value is -3.39. The van der Waals surface area contributed by atoms with E-state index in [-0.39, 0.29) is 24.5 Å². The number of amides is 3. The Morgan fingerprint density at radius 2 is 1.94 bits per heavy atom. The molecule has 0 saturated carbocycles. The van der Waals surface area contributed by atoms with Crippen molar-refractivity contribution in [2.24, 2.45) is 5.10 Å². The van der Waals surface area contributed by atoms with Crippen LogP contribution in [0.3, 0.4) is 0 Å². The van der Waals surface area contributed by atoms with Gasteiger partial charge in [0, 0.05) is 32.2 Å². The lowest BCUT2D eigenvalue weighted by molar-refractivity contribution is -0.133. The molecule has 1 aliphatic heterocycles. The molecule has 0 unspecified atom stereocenters. The lowest BCUT2D eigenvalue weighted by atomic mass is 9.97. The number of hydrogen-bond donors (Lipinski definition) is 1. The summed E-state index contributed by atoms with van der Waals surface area (Å²) in [7, 11) is 3.20. The maximum Gasteiger partial charge on any atom is 0.317 e. The zero-order chi connectivity index (χ0) is 24.5. The molecule has 34 heavy (non-hydrogen) atoms. The van der Waals surface area contributed by atoms with Gasteiger partial charge >= 0.3 is 6.03 Å². The molecule has 1 atom stereocenters. The van der Waals surface area contributed by atoms with Crippen LogP contribution >= 0.6 is 0 Å². The van der Waals surface area contributed by atoms with Gasteiger partial charge in [-0.25, -0.2) is 9.80 Å². The van der Waals surface area contributed by atoms with E-state index in [9.17, 15) is 9.59 Å². The summed E-state index contributed by atoms with van der Waals surface area (Å²) >= 11 is 0. The fourth-order valence-electron chi connectivity index (χ4n) is 3.80. The van der Waals surface area contributed by atoms with Gasteiger partial charge in [0.2, 0.25) is 0 Å². The number of hydrazone groups is 1. The third kappa shape index (κ3) is 6.35. The Morgan fingerprint density at radius 1 is 1.18 bits per heavy atom. The number of benzene rings is 2. The minimum atomic E-state index is -0.282. The highest BCUT2D eigenvalue weighted by molar-refractivity contribution is 6.03. The molecule has 0 bridgehead atoms. The third-order valence-electron chi connectivity index (χ3n) is 5.74. The van der Waals surface area contributed by atoms with Crippen molar-refractivity contribution in [3.63, 3.8) is 0 Å². The minimum absolute atomic E-state index is 0.0871. The summed E-state index contributed by atoms with van der Waals surface area (Å²) in [5, 5.41) is 9.09. The molecule has 3 rings (SSSR count). The molecule has 182 valence electrons. The van der Waals surface area contributed by atoms with E-state index in [0.717, 1.165) is 34.6 Å². The summed E-state index contributed by atoms with van der Waals surface area (Å²) in [6.07, 6.45) is 1.38. The first kappa shape index (κ1) is 25.2. The lowest BCUT2D eigenvalue weighted by Crippen LogP contribution is -2.47. The van der Waals surface area contributed by atoms with Crippen molar-refractivity contribution in [2.45, 2.75) is 32.7 Å². The van der Waals surface area contributed by atoms with Crippen LogP contribution in [0.15, 0.2) is 53.6 Å². The molecule has 1 heterocycles. The zero-order valence-corrected chi connectivity index (χ0v) is 20.4. The topological polar surface area (TPSA) is 83.5 Å². The number of aryl methyl sites for hydroxylation is 1. The number of carbonyl (C=O) groups is 2. The number of ether oxygens (including phenoxy) is 2. The zero-order valence-electron chi connectivity index (χ0n) is 20.4. The molecule has 8 nitrogen and oxygen atoms in total. The van der Waals surface area contributed by atoms with Crippen molar-refractivity contribution >= 4 is 17.6 Å². The molecule has 0 aliphatic carbocycles. The van der Waals surface area contributed by atoms with Crippen LogP contribution in [-0.2, 0) is 9.53 Å². The lowest BCUT2D eigenvalue weighted by Gasteiger charge is -2.27. The van der Waals surface area contributed by atoms with Gasteiger partial charge in [0.1, 0.15) is 12.3 Å². The highest BCUT2D eigenvalue weighted by Gasteiger charge is 2.34. The van der Waals surface area contributed by atoms with Gasteiger partial charge in [-0.15, -0.1) is 0 Å². The van der Waals surface area contributed by atoms with Crippen molar-refractivity contribution in [1.82, 2.24) is 15.2 Å². The molecule has 1 N–H and O–H groups in total. The van der Waals surface area contributed by atoms with Crippen LogP contribution < -0.4 is 10.1 Å². The van der Waals surface area contributed by atoms with Crippen LogP contribution in [0.4, 0.5) is 4.79 Å². The van der Waals surface area contributed by atoms with Gasteiger partial charge in [0.25, 0.3) is 5.91 Å². The van der Waals surface area contributed by atoms with Crippen molar-refractivity contribution in [1.29, 1.82) is 0 Å². The predicted octanol–water partition coefficient (Wildman–Crippen LogP) is 3.75. The van der Waals surface area contributed by atoms with E-state index in [4.69, 9.17) is 14.6 Å². The van der Waals surface area contributed by atoms with E-state index < -0.39 is 0 Å². The quantitative estimate of drug-likeness (QED) is 0.578. The monoisotopic (exact) mass is 466 g/mol. The summed E-state index contributed by atoms with van der Waals surface area (Å²) in [5.41, 5.74) is 3.85. The van der Waals surface area contributed by atoms with Crippen molar-refractivity contribution in [3.05, 3.63) is 65.2 Å². The number of nitrogens with zero attached hydrogens (tertiary/aromatic N) is 3. The molecular formula is C26H34N4O4. The second-order valence-electron chi connectivity index (χ2n) is 8.29. The van der Waals surface area contributed by atoms with E-state index in [0.29, 0.717) is 26.1 Å². The van der Waals surface area contributed by atoms with Crippen LogP contribution in [0.1, 0.15) is 42.5 Å². The third-order valence-corrected chi connectivity index (χ3v) is 5.74. The molecule has 0 radical (unpaired) electrons. The Balaban J connectivity index is 1.88. The second kappa shape index (κ2) is 12.2. The predicted molar refractivity (Wildman–Crippen MR) is 132 cm³/mol. The number of methoxy groups -OCH3 is 2.